The summed E-state index contributed by atoms with van der Waals surface area (Å²) in [5.41, 5.74) is 0.724. The van der Waals surface area contributed by atoms with Crippen LogP contribution in [0, 0.1) is 5.92 Å². The van der Waals surface area contributed by atoms with Crippen LogP contribution >= 0.6 is 43.2 Å². The van der Waals surface area contributed by atoms with Gasteiger partial charge in [-0.1, -0.05) is 19.9 Å². The minimum absolute atomic E-state index is 0.132. The van der Waals surface area contributed by atoms with Crippen LogP contribution in [-0.4, -0.2) is 12.5 Å². The minimum atomic E-state index is -0.132. The van der Waals surface area contributed by atoms with Crippen molar-refractivity contribution in [2.24, 2.45) is 5.92 Å². The van der Waals surface area contributed by atoms with Crippen LogP contribution in [-0.2, 0) is 0 Å². The molecule has 0 saturated heterocycles. The van der Waals surface area contributed by atoms with E-state index < -0.39 is 0 Å². The molecular weight excluding hydrogens is 418 g/mol. The monoisotopic (exact) mass is 431 g/mol. The van der Waals surface area contributed by atoms with Crippen molar-refractivity contribution in [3.63, 3.8) is 0 Å². The average Bonchev–Trinajstić information content (AvgIpc) is 2.77. The largest absolute Gasteiger partial charge is 0.493 e. The molecule has 3 nitrogen and oxygen atoms in total. The highest BCUT2D eigenvalue weighted by Gasteiger charge is 2.12. The number of halogens is 2. The van der Waals surface area contributed by atoms with E-state index in [1.807, 2.05) is 24.3 Å². The highest BCUT2D eigenvalue weighted by molar-refractivity contribution is 9.13. The Morgan fingerprint density at radius 3 is 2.71 bits per heavy atom. The summed E-state index contributed by atoms with van der Waals surface area (Å²) in [5, 5.41) is 2.88. The van der Waals surface area contributed by atoms with Crippen LogP contribution in [0.3, 0.4) is 0 Å². The predicted molar refractivity (Wildman–Crippen MR) is 94.4 cm³/mol. The van der Waals surface area contributed by atoms with Crippen LogP contribution in [0.1, 0.15) is 23.5 Å². The standard InChI is InChI=1S/C15H15Br2NO2S/c1-9(2)8-20-11-5-3-4-10(6-11)18-15(19)13-7-12(16)14(17)21-13/h3-7,9H,8H2,1-2H3,(H,18,19). The number of hydrogen-bond donors (Lipinski definition) is 1. The van der Waals surface area contributed by atoms with Crippen LogP contribution in [0.15, 0.2) is 38.6 Å². The molecule has 0 aliphatic rings. The molecule has 2 aromatic rings. The molecule has 112 valence electrons. The van der Waals surface area contributed by atoms with E-state index in [2.05, 4.69) is 51.0 Å². The summed E-state index contributed by atoms with van der Waals surface area (Å²) in [6, 6.07) is 9.22. The molecule has 0 aliphatic carbocycles. The molecule has 1 aromatic heterocycles. The molecular formula is C15H15Br2NO2S. The van der Waals surface area contributed by atoms with Crippen LogP contribution in [0.5, 0.6) is 5.75 Å². The fraction of sp³-hybridized carbons (Fsp3) is 0.267. The third-order valence-electron chi connectivity index (χ3n) is 2.54. The van der Waals surface area contributed by atoms with E-state index in [1.165, 1.54) is 11.3 Å². The van der Waals surface area contributed by atoms with E-state index in [0.29, 0.717) is 17.4 Å². The topological polar surface area (TPSA) is 38.3 Å². The summed E-state index contributed by atoms with van der Waals surface area (Å²) in [5.74, 6) is 1.09. The molecule has 1 N–H and O–H groups in total. The van der Waals surface area contributed by atoms with E-state index in [4.69, 9.17) is 4.74 Å². The quantitative estimate of drug-likeness (QED) is 0.671. The molecule has 2 rings (SSSR count). The summed E-state index contributed by atoms with van der Waals surface area (Å²) in [6.07, 6.45) is 0. The maximum atomic E-state index is 12.2. The summed E-state index contributed by atoms with van der Waals surface area (Å²) in [4.78, 5) is 12.8. The van der Waals surface area contributed by atoms with E-state index in [-0.39, 0.29) is 5.91 Å². The zero-order chi connectivity index (χ0) is 15.4. The summed E-state index contributed by atoms with van der Waals surface area (Å²) in [7, 11) is 0. The maximum Gasteiger partial charge on any atom is 0.265 e. The Bertz CT molecular complexity index is 621. The van der Waals surface area contributed by atoms with Crippen molar-refractivity contribution in [3.8, 4) is 5.75 Å². The summed E-state index contributed by atoms with van der Waals surface area (Å²) < 4.78 is 7.44. The molecule has 1 aromatic carbocycles. The predicted octanol–water partition coefficient (Wildman–Crippen LogP) is 5.56. The number of amides is 1. The van der Waals surface area contributed by atoms with E-state index in [0.717, 1.165) is 19.7 Å². The summed E-state index contributed by atoms with van der Waals surface area (Å²) >= 11 is 8.15. The van der Waals surface area contributed by atoms with Gasteiger partial charge >= 0.3 is 0 Å². The van der Waals surface area contributed by atoms with Crippen molar-refractivity contribution in [1.29, 1.82) is 0 Å². The number of carbonyl (C=O) groups is 1. The van der Waals surface area contributed by atoms with Crippen LogP contribution in [0.25, 0.3) is 0 Å². The van der Waals surface area contributed by atoms with Crippen molar-refractivity contribution >= 4 is 54.8 Å². The first-order chi connectivity index (χ1) is 9.95. The molecule has 21 heavy (non-hydrogen) atoms. The fourth-order valence-electron chi connectivity index (χ4n) is 1.58. The average molecular weight is 433 g/mol. The Labute approximate surface area is 145 Å². The van der Waals surface area contributed by atoms with Gasteiger partial charge in [-0.25, -0.2) is 0 Å². The number of nitrogens with one attached hydrogen (secondary N) is 1. The maximum absolute atomic E-state index is 12.2. The number of anilines is 1. The first-order valence-corrected chi connectivity index (χ1v) is 8.85. The Morgan fingerprint density at radius 2 is 2.10 bits per heavy atom. The second kappa shape index (κ2) is 7.42. The van der Waals surface area contributed by atoms with Crippen molar-refractivity contribution in [2.45, 2.75) is 13.8 Å². The van der Waals surface area contributed by atoms with Gasteiger partial charge < -0.3 is 10.1 Å². The van der Waals surface area contributed by atoms with Gasteiger partial charge in [0.15, 0.2) is 0 Å². The highest BCUT2D eigenvalue weighted by Crippen LogP contribution is 2.32. The molecule has 0 unspecified atom stereocenters. The van der Waals surface area contributed by atoms with Gasteiger partial charge in [-0.2, -0.15) is 0 Å². The lowest BCUT2D eigenvalue weighted by atomic mass is 10.2. The number of carbonyl (C=O) groups excluding carboxylic acids is 1. The van der Waals surface area contributed by atoms with Crippen LogP contribution in [0.2, 0.25) is 0 Å². The highest BCUT2D eigenvalue weighted by atomic mass is 79.9. The molecule has 1 heterocycles. The molecule has 0 radical (unpaired) electrons. The Balaban J connectivity index is 2.05. The van der Waals surface area contributed by atoms with Gasteiger partial charge in [0.1, 0.15) is 5.75 Å². The number of benzene rings is 1. The molecule has 6 heteroatoms. The van der Waals surface area contributed by atoms with Gasteiger partial charge in [0, 0.05) is 16.2 Å². The van der Waals surface area contributed by atoms with Gasteiger partial charge in [-0.15, -0.1) is 11.3 Å². The normalized spacial score (nSPS) is 10.7. The van der Waals surface area contributed by atoms with Gasteiger partial charge in [-0.05, 0) is 56.0 Å². The third kappa shape index (κ3) is 4.83. The van der Waals surface area contributed by atoms with Crippen LogP contribution in [0.4, 0.5) is 5.69 Å². The van der Waals surface area contributed by atoms with E-state index >= 15 is 0 Å². The van der Waals surface area contributed by atoms with E-state index in [9.17, 15) is 4.79 Å². The fourth-order valence-corrected chi connectivity index (χ4v) is 3.51. The number of rotatable bonds is 5. The second-order valence-corrected chi connectivity index (χ2v) is 8.14. The summed E-state index contributed by atoms with van der Waals surface area (Å²) in [6.45, 7) is 4.85. The Hall–Kier alpha value is -0.850. The first kappa shape index (κ1) is 16.5. The molecule has 1 amide bonds. The third-order valence-corrected chi connectivity index (χ3v) is 5.80. The zero-order valence-corrected chi connectivity index (χ0v) is 15.6. The van der Waals surface area contributed by atoms with Gasteiger partial charge in [-0.3, -0.25) is 4.79 Å². The zero-order valence-electron chi connectivity index (χ0n) is 11.7. The van der Waals surface area contributed by atoms with Gasteiger partial charge in [0.25, 0.3) is 5.91 Å². The first-order valence-electron chi connectivity index (χ1n) is 6.44. The van der Waals surface area contributed by atoms with Crippen molar-refractivity contribution < 1.29 is 9.53 Å². The van der Waals surface area contributed by atoms with Crippen molar-refractivity contribution in [2.75, 3.05) is 11.9 Å². The van der Waals surface area contributed by atoms with Gasteiger partial charge in [0.2, 0.25) is 0 Å². The molecule has 0 saturated carbocycles. The Kier molecular flexibility index (Phi) is 5.84. The van der Waals surface area contributed by atoms with Gasteiger partial charge in [0.05, 0.1) is 15.3 Å². The molecule has 0 atom stereocenters. The lowest BCUT2D eigenvalue weighted by Crippen LogP contribution is -2.10. The van der Waals surface area contributed by atoms with Crippen molar-refractivity contribution in [3.05, 3.63) is 43.5 Å². The lowest BCUT2D eigenvalue weighted by molar-refractivity contribution is 0.103. The number of thiophene rings is 1. The smallest absolute Gasteiger partial charge is 0.265 e. The molecule has 0 fully saturated rings. The van der Waals surface area contributed by atoms with Crippen LogP contribution < -0.4 is 10.1 Å². The van der Waals surface area contributed by atoms with E-state index in [1.54, 1.807) is 6.07 Å². The molecule has 0 bridgehead atoms. The SMILES string of the molecule is CC(C)COc1cccc(NC(=O)c2cc(Br)c(Br)s2)c1. The molecule has 0 aliphatic heterocycles. The number of hydrogen-bond acceptors (Lipinski definition) is 3. The molecule has 0 spiro atoms. The second-order valence-electron chi connectivity index (χ2n) is 4.92. The lowest BCUT2D eigenvalue weighted by Gasteiger charge is -2.10. The number of ether oxygens (including phenoxy) is 1. The Morgan fingerprint density at radius 1 is 1.33 bits per heavy atom. The van der Waals surface area contributed by atoms with Crippen molar-refractivity contribution in [1.82, 2.24) is 0 Å². The minimum Gasteiger partial charge on any atom is -0.493 e.